The summed E-state index contributed by atoms with van der Waals surface area (Å²) < 4.78 is 5.18. The number of nitrogens with zero attached hydrogens (tertiary/aromatic N) is 4. The Morgan fingerprint density at radius 2 is 1.85 bits per heavy atom. The zero-order valence-electron chi connectivity index (χ0n) is 10.9. The number of benzene rings is 1. The second-order valence-corrected chi connectivity index (χ2v) is 3.72. The molecule has 1 aromatic carbocycles. The lowest BCUT2D eigenvalue weighted by atomic mass is 10.2. The van der Waals surface area contributed by atoms with Crippen LogP contribution in [0.4, 0.5) is 11.9 Å². The number of nitrogen functional groups attached to an aromatic ring is 2. The second-order valence-electron chi connectivity index (χ2n) is 3.72. The van der Waals surface area contributed by atoms with Crippen molar-refractivity contribution < 1.29 is 9.57 Å². The van der Waals surface area contributed by atoms with Crippen molar-refractivity contribution in [1.82, 2.24) is 15.0 Å². The average Bonchev–Trinajstić information content (AvgIpc) is 2.43. The molecule has 2 rings (SSSR count). The van der Waals surface area contributed by atoms with Gasteiger partial charge in [-0.15, -0.1) is 0 Å². The van der Waals surface area contributed by atoms with Crippen molar-refractivity contribution >= 4 is 18.1 Å². The van der Waals surface area contributed by atoms with Crippen molar-refractivity contribution in [3.8, 4) is 5.75 Å². The van der Waals surface area contributed by atoms with Gasteiger partial charge in [0.25, 0.3) is 0 Å². The third-order valence-electron chi connectivity index (χ3n) is 2.32. The Labute approximate surface area is 115 Å². The molecule has 8 nitrogen and oxygen atoms in total. The molecule has 20 heavy (non-hydrogen) atoms. The van der Waals surface area contributed by atoms with Gasteiger partial charge < -0.3 is 21.0 Å². The first-order chi connectivity index (χ1) is 9.69. The predicted molar refractivity (Wildman–Crippen MR) is 74.0 cm³/mol. The van der Waals surface area contributed by atoms with E-state index >= 15 is 0 Å². The number of methoxy groups -OCH3 is 1. The molecular formula is C12H14N6O2. The number of nitrogens with two attached hydrogens (primary N) is 2. The molecule has 4 N–H and O–H groups in total. The first kappa shape index (κ1) is 13.5. The van der Waals surface area contributed by atoms with E-state index in [0.29, 0.717) is 11.6 Å². The summed E-state index contributed by atoms with van der Waals surface area (Å²) in [5.74, 6) is 1.11. The highest BCUT2D eigenvalue weighted by atomic mass is 16.6. The maximum atomic E-state index is 5.44. The zero-order valence-corrected chi connectivity index (χ0v) is 10.9. The Kier molecular flexibility index (Phi) is 4.28. The second kappa shape index (κ2) is 6.32. The highest BCUT2D eigenvalue weighted by Gasteiger charge is 2.02. The zero-order chi connectivity index (χ0) is 14.4. The summed E-state index contributed by atoms with van der Waals surface area (Å²) in [6, 6.07) is 7.42. The van der Waals surface area contributed by atoms with Crippen LogP contribution in [0.15, 0.2) is 29.4 Å². The lowest BCUT2D eigenvalue weighted by Gasteiger charge is -2.03. The normalized spacial score (nSPS) is 10.7. The van der Waals surface area contributed by atoms with Crippen LogP contribution in [-0.2, 0) is 11.4 Å². The van der Waals surface area contributed by atoms with Crippen LogP contribution in [0.25, 0.3) is 0 Å². The van der Waals surface area contributed by atoms with E-state index in [0.717, 1.165) is 5.56 Å². The highest BCUT2D eigenvalue weighted by molar-refractivity contribution is 5.82. The molecule has 0 atom stereocenters. The van der Waals surface area contributed by atoms with E-state index < -0.39 is 0 Å². The maximum Gasteiger partial charge on any atom is 0.225 e. The van der Waals surface area contributed by atoms with E-state index in [-0.39, 0.29) is 18.5 Å². The quantitative estimate of drug-likeness (QED) is 0.604. The Morgan fingerprint density at radius 1 is 1.15 bits per heavy atom. The van der Waals surface area contributed by atoms with Gasteiger partial charge in [0.2, 0.25) is 11.9 Å². The van der Waals surface area contributed by atoms with Crippen LogP contribution in [0.2, 0.25) is 0 Å². The summed E-state index contributed by atoms with van der Waals surface area (Å²) in [6.45, 7) is 0.0442. The van der Waals surface area contributed by atoms with Gasteiger partial charge in [0.1, 0.15) is 5.75 Å². The topological polar surface area (TPSA) is 122 Å². The number of aromatic nitrogens is 3. The van der Waals surface area contributed by atoms with Crippen LogP contribution in [0.5, 0.6) is 5.75 Å². The van der Waals surface area contributed by atoms with Gasteiger partial charge in [-0.25, -0.2) is 0 Å². The molecule has 0 aliphatic rings. The monoisotopic (exact) mass is 274 g/mol. The minimum Gasteiger partial charge on any atom is -0.496 e. The maximum absolute atomic E-state index is 5.44. The van der Waals surface area contributed by atoms with Crippen molar-refractivity contribution in [3.05, 3.63) is 35.7 Å². The highest BCUT2D eigenvalue weighted by Crippen LogP contribution is 2.14. The molecule has 0 aliphatic carbocycles. The fourth-order valence-corrected chi connectivity index (χ4v) is 1.48. The van der Waals surface area contributed by atoms with Crippen molar-refractivity contribution in [2.75, 3.05) is 18.6 Å². The number of hydrogen-bond donors (Lipinski definition) is 2. The summed E-state index contributed by atoms with van der Waals surface area (Å²) in [6.07, 6.45) is 1.53. The molecule has 0 fully saturated rings. The SMILES string of the molecule is COc1ccccc1/C=N\OCc1nc(N)nc(N)n1. The molecule has 0 radical (unpaired) electrons. The summed E-state index contributed by atoms with van der Waals surface area (Å²) >= 11 is 0. The van der Waals surface area contributed by atoms with Crippen molar-refractivity contribution in [1.29, 1.82) is 0 Å². The van der Waals surface area contributed by atoms with E-state index in [9.17, 15) is 0 Å². The summed E-state index contributed by atoms with van der Waals surface area (Å²) in [5.41, 5.74) is 11.7. The molecule has 1 heterocycles. The Hall–Kier alpha value is -2.90. The number of hydrogen-bond acceptors (Lipinski definition) is 8. The largest absolute Gasteiger partial charge is 0.496 e. The number of rotatable bonds is 5. The first-order valence-corrected chi connectivity index (χ1v) is 5.73. The molecule has 2 aromatic rings. The standard InChI is InChI=1S/C12H14N6O2/c1-19-9-5-3-2-4-8(9)6-15-20-7-10-16-11(13)18-12(14)17-10/h2-6H,7H2,1H3,(H4,13,14,16,17,18)/b15-6-. The van der Waals surface area contributed by atoms with Crippen LogP contribution >= 0.6 is 0 Å². The van der Waals surface area contributed by atoms with Crippen LogP contribution in [-0.4, -0.2) is 28.3 Å². The summed E-state index contributed by atoms with van der Waals surface area (Å²) in [7, 11) is 1.59. The summed E-state index contributed by atoms with van der Waals surface area (Å²) in [5, 5.41) is 3.82. The van der Waals surface area contributed by atoms with Gasteiger partial charge in [0.15, 0.2) is 12.4 Å². The van der Waals surface area contributed by atoms with Crippen LogP contribution in [0, 0.1) is 0 Å². The molecule has 104 valence electrons. The van der Waals surface area contributed by atoms with E-state index in [1.54, 1.807) is 7.11 Å². The van der Waals surface area contributed by atoms with Crippen molar-refractivity contribution in [2.45, 2.75) is 6.61 Å². The Morgan fingerprint density at radius 3 is 2.55 bits per heavy atom. The average molecular weight is 274 g/mol. The third-order valence-corrected chi connectivity index (χ3v) is 2.32. The van der Waals surface area contributed by atoms with Crippen LogP contribution in [0.1, 0.15) is 11.4 Å². The molecule has 1 aromatic heterocycles. The van der Waals surface area contributed by atoms with Gasteiger partial charge in [0, 0.05) is 5.56 Å². The van der Waals surface area contributed by atoms with Gasteiger partial charge in [0.05, 0.1) is 13.3 Å². The van der Waals surface area contributed by atoms with Gasteiger partial charge in [-0.1, -0.05) is 17.3 Å². The first-order valence-electron chi connectivity index (χ1n) is 5.73. The molecule has 0 aliphatic heterocycles. The van der Waals surface area contributed by atoms with E-state index in [1.807, 2.05) is 24.3 Å². The predicted octanol–water partition coefficient (Wildman–Crippen LogP) is 0.595. The van der Waals surface area contributed by atoms with Gasteiger partial charge in [-0.05, 0) is 12.1 Å². The smallest absolute Gasteiger partial charge is 0.225 e. The molecule has 0 bridgehead atoms. The minimum absolute atomic E-state index is 0.0442. The molecule has 0 spiro atoms. The Balaban J connectivity index is 1.97. The van der Waals surface area contributed by atoms with Crippen LogP contribution in [0.3, 0.4) is 0 Å². The lowest BCUT2D eigenvalue weighted by Crippen LogP contribution is -2.07. The molecule has 8 heteroatoms. The van der Waals surface area contributed by atoms with Crippen molar-refractivity contribution in [3.63, 3.8) is 0 Å². The van der Waals surface area contributed by atoms with E-state index in [1.165, 1.54) is 6.21 Å². The fraction of sp³-hybridized carbons (Fsp3) is 0.167. The van der Waals surface area contributed by atoms with Gasteiger partial charge in [-0.3, -0.25) is 0 Å². The van der Waals surface area contributed by atoms with Gasteiger partial charge >= 0.3 is 0 Å². The third kappa shape index (κ3) is 3.55. The van der Waals surface area contributed by atoms with Crippen molar-refractivity contribution in [2.24, 2.45) is 5.16 Å². The fourth-order valence-electron chi connectivity index (χ4n) is 1.48. The number of oxime groups is 1. The Bertz CT molecular complexity index is 596. The molecule has 0 amide bonds. The van der Waals surface area contributed by atoms with Crippen LogP contribution < -0.4 is 16.2 Å². The summed E-state index contributed by atoms with van der Waals surface area (Å²) in [4.78, 5) is 16.5. The van der Waals surface area contributed by atoms with E-state index in [4.69, 9.17) is 21.0 Å². The number of ether oxygens (including phenoxy) is 1. The van der Waals surface area contributed by atoms with Gasteiger partial charge in [-0.2, -0.15) is 15.0 Å². The molecule has 0 unspecified atom stereocenters. The molecule has 0 saturated carbocycles. The lowest BCUT2D eigenvalue weighted by molar-refractivity contribution is 0.126. The number of para-hydroxylation sites is 1. The number of anilines is 2. The van der Waals surface area contributed by atoms with E-state index in [2.05, 4.69) is 20.1 Å². The minimum atomic E-state index is 0.0442. The molecule has 0 saturated heterocycles. The molecular weight excluding hydrogens is 260 g/mol.